The van der Waals surface area contributed by atoms with Crippen molar-refractivity contribution >= 4 is 23.4 Å². The van der Waals surface area contributed by atoms with E-state index in [0.717, 1.165) is 12.1 Å². The van der Waals surface area contributed by atoms with E-state index in [1.165, 1.54) is 12.5 Å². The molecule has 1 aromatic carbocycles. The highest BCUT2D eigenvalue weighted by Gasteiger charge is 2.26. The summed E-state index contributed by atoms with van der Waals surface area (Å²) in [6.07, 6.45) is 5.77. The van der Waals surface area contributed by atoms with Crippen molar-refractivity contribution in [2.75, 3.05) is 24.5 Å². The van der Waals surface area contributed by atoms with Crippen LogP contribution in [0.15, 0.2) is 47.3 Å². The molecule has 3 amide bonds. The van der Waals surface area contributed by atoms with E-state index in [0.29, 0.717) is 50.0 Å². The standard InChI is InChI=1S/C21H23N3O4/c25-19-5-2-9-24(19)18-4-1-3-15(13-18)20(26)22-17-6-10-23(11-7-17)21(27)16-8-12-28-14-16/h1,3-4,8,12-14,17H,2,5-7,9-11H2,(H,22,26). The monoisotopic (exact) mass is 381 g/mol. The molecule has 2 aliphatic rings. The smallest absolute Gasteiger partial charge is 0.257 e. The fourth-order valence-electron chi connectivity index (χ4n) is 3.80. The van der Waals surface area contributed by atoms with Gasteiger partial charge in [0.25, 0.3) is 11.8 Å². The molecule has 28 heavy (non-hydrogen) atoms. The number of carbonyl (C=O) groups excluding carboxylic acids is 3. The van der Waals surface area contributed by atoms with E-state index >= 15 is 0 Å². The van der Waals surface area contributed by atoms with Crippen LogP contribution in [-0.2, 0) is 4.79 Å². The molecular formula is C21H23N3O4. The molecule has 3 heterocycles. The molecule has 0 bridgehead atoms. The predicted molar refractivity (Wildman–Crippen MR) is 103 cm³/mol. The molecule has 7 nitrogen and oxygen atoms in total. The van der Waals surface area contributed by atoms with E-state index in [-0.39, 0.29) is 23.8 Å². The Hall–Kier alpha value is -3.09. The van der Waals surface area contributed by atoms with Crippen molar-refractivity contribution in [2.45, 2.75) is 31.7 Å². The van der Waals surface area contributed by atoms with E-state index in [2.05, 4.69) is 5.32 Å². The van der Waals surface area contributed by atoms with Gasteiger partial charge in [-0.2, -0.15) is 0 Å². The largest absolute Gasteiger partial charge is 0.472 e. The lowest BCUT2D eigenvalue weighted by Crippen LogP contribution is -2.46. The van der Waals surface area contributed by atoms with Gasteiger partial charge in [0.15, 0.2) is 0 Å². The van der Waals surface area contributed by atoms with Gasteiger partial charge in [0.1, 0.15) is 6.26 Å². The van der Waals surface area contributed by atoms with E-state index in [4.69, 9.17) is 4.42 Å². The van der Waals surface area contributed by atoms with E-state index < -0.39 is 0 Å². The van der Waals surface area contributed by atoms with E-state index in [9.17, 15) is 14.4 Å². The Kier molecular flexibility index (Phi) is 5.14. The lowest BCUT2D eigenvalue weighted by Gasteiger charge is -2.32. The molecule has 2 fully saturated rings. The Bertz CT molecular complexity index is 870. The highest BCUT2D eigenvalue weighted by molar-refractivity contribution is 5.99. The van der Waals surface area contributed by atoms with Gasteiger partial charge in [-0.3, -0.25) is 14.4 Å². The normalized spacial score (nSPS) is 17.8. The van der Waals surface area contributed by atoms with E-state index in [1.54, 1.807) is 28.0 Å². The summed E-state index contributed by atoms with van der Waals surface area (Å²) in [4.78, 5) is 40.5. The van der Waals surface area contributed by atoms with Gasteiger partial charge in [0.05, 0.1) is 11.8 Å². The molecule has 2 aromatic rings. The van der Waals surface area contributed by atoms with Gasteiger partial charge < -0.3 is 19.5 Å². The molecule has 0 unspecified atom stereocenters. The maximum atomic E-state index is 12.7. The van der Waals surface area contributed by atoms with Crippen LogP contribution in [0.2, 0.25) is 0 Å². The number of benzene rings is 1. The van der Waals surface area contributed by atoms with Gasteiger partial charge in [-0.15, -0.1) is 0 Å². The number of carbonyl (C=O) groups is 3. The fourth-order valence-corrected chi connectivity index (χ4v) is 3.80. The average Bonchev–Trinajstić information content (AvgIpc) is 3.40. The third kappa shape index (κ3) is 3.78. The summed E-state index contributed by atoms with van der Waals surface area (Å²) in [6, 6.07) is 8.89. The number of piperidine rings is 1. The zero-order valence-corrected chi connectivity index (χ0v) is 15.6. The topological polar surface area (TPSA) is 82.9 Å². The average molecular weight is 381 g/mol. The van der Waals surface area contributed by atoms with Gasteiger partial charge in [-0.05, 0) is 43.5 Å². The molecule has 0 saturated carbocycles. The highest BCUT2D eigenvalue weighted by Crippen LogP contribution is 2.22. The minimum atomic E-state index is -0.145. The van der Waals surface area contributed by atoms with Gasteiger partial charge in [0, 0.05) is 43.3 Å². The zero-order valence-electron chi connectivity index (χ0n) is 15.6. The fraction of sp³-hybridized carbons (Fsp3) is 0.381. The van der Waals surface area contributed by atoms with Gasteiger partial charge in [-0.25, -0.2) is 0 Å². The molecule has 1 aromatic heterocycles. The highest BCUT2D eigenvalue weighted by atomic mass is 16.3. The molecule has 0 spiro atoms. The predicted octanol–water partition coefficient (Wildman–Crippen LogP) is 2.44. The minimum Gasteiger partial charge on any atom is -0.472 e. The summed E-state index contributed by atoms with van der Waals surface area (Å²) >= 11 is 0. The van der Waals surface area contributed by atoms with Crippen LogP contribution in [0, 0.1) is 0 Å². The molecule has 1 N–H and O–H groups in total. The molecule has 2 saturated heterocycles. The summed E-state index contributed by atoms with van der Waals surface area (Å²) in [5.41, 5.74) is 1.88. The maximum absolute atomic E-state index is 12.7. The van der Waals surface area contributed by atoms with Crippen molar-refractivity contribution in [1.82, 2.24) is 10.2 Å². The minimum absolute atomic E-state index is 0.0259. The van der Waals surface area contributed by atoms with Gasteiger partial charge in [0.2, 0.25) is 5.91 Å². The van der Waals surface area contributed by atoms with Gasteiger partial charge >= 0.3 is 0 Å². The van der Waals surface area contributed by atoms with Crippen LogP contribution >= 0.6 is 0 Å². The van der Waals surface area contributed by atoms with Crippen LogP contribution < -0.4 is 10.2 Å². The first kappa shape index (κ1) is 18.3. The number of likely N-dealkylation sites (tertiary alicyclic amines) is 1. The third-order valence-corrected chi connectivity index (χ3v) is 5.38. The maximum Gasteiger partial charge on any atom is 0.257 e. The first-order valence-corrected chi connectivity index (χ1v) is 9.64. The first-order chi connectivity index (χ1) is 13.6. The molecule has 0 radical (unpaired) electrons. The Balaban J connectivity index is 1.33. The molecule has 4 rings (SSSR count). The number of anilines is 1. The van der Waals surface area contributed by atoms with Crippen molar-refractivity contribution < 1.29 is 18.8 Å². The van der Waals surface area contributed by atoms with Crippen molar-refractivity contribution in [2.24, 2.45) is 0 Å². The number of amides is 3. The van der Waals surface area contributed by atoms with Crippen LogP contribution in [0.1, 0.15) is 46.4 Å². The second-order valence-electron chi connectivity index (χ2n) is 7.25. The van der Waals surface area contributed by atoms with Gasteiger partial charge in [-0.1, -0.05) is 6.07 Å². The van der Waals surface area contributed by atoms with Crippen molar-refractivity contribution in [3.05, 3.63) is 54.0 Å². The zero-order chi connectivity index (χ0) is 19.5. The van der Waals surface area contributed by atoms with Crippen LogP contribution in [0.3, 0.4) is 0 Å². The Labute approximate surface area is 163 Å². The summed E-state index contributed by atoms with van der Waals surface area (Å²) in [6.45, 7) is 1.89. The summed E-state index contributed by atoms with van der Waals surface area (Å²) in [7, 11) is 0. The molecule has 2 aliphatic heterocycles. The summed E-state index contributed by atoms with van der Waals surface area (Å²) < 4.78 is 4.97. The van der Waals surface area contributed by atoms with Crippen molar-refractivity contribution in [3.8, 4) is 0 Å². The SMILES string of the molecule is O=C(NC1CCN(C(=O)c2ccoc2)CC1)c1cccc(N2CCCC2=O)c1. The second kappa shape index (κ2) is 7.88. The number of rotatable bonds is 4. The molecule has 7 heteroatoms. The Morgan fingerprint density at radius 2 is 1.89 bits per heavy atom. The number of nitrogens with one attached hydrogen (secondary N) is 1. The number of hydrogen-bond acceptors (Lipinski definition) is 4. The number of furan rings is 1. The lowest BCUT2D eigenvalue weighted by molar-refractivity contribution is -0.117. The Morgan fingerprint density at radius 1 is 1.07 bits per heavy atom. The summed E-state index contributed by atoms with van der Waals surface area (Å²) in [5.74, 6) is -0.0816. The van der Waals surface area contributed by atoms with Crippen LogP contribution in [0.4, 0.5) is 5.69 Å². The molecule has 146 valence electrons. The number of nitrogens with zero attached hydrogens (tertiary/aromatic N) is 2. The van der Waals surface area contributed by atoms with Crippen LogP contribution in [0.5, 0.6) is 0 Å². The molecular weight excluding hydrogens is 358 g/mol. The second-order valence-corrected chi connectivity index (χ2v) is 7.25. The molecule has 0 aliphatic carbocycles. The summed E-state index contributed by atoms with van der Waals surface area (Å²) in [5, 5.41) is 3.06. The molecule has 0 atom stereocenters. The van der Waals surface area contributed by atoms with Crippen molar-refractivity contribution in [1.29, 1.82) is 0 Å². The van der Waals surface area contributed by atoms with Crippen molar-refractivity contribution in [3.63, 3.8) is 0 Å². The first-order valence-electron chi connectivity index (χ1n) is 9.64. The van der Waals surface area contributed by atoms with Crippen LogP contribution in [0.25, 0.3) is 0 Å². The van der Waals surface area contributed by atoms with E-state index in [1.807, 2.05) is 12.1 Å². The lowest BCUT2D eigenvalue weighted by atomic mass is 10.0. The Morgan fingerprint density at radius 3 is 2.57 bits per heavy atom. The van der Waals surface area contributed by atoms with Crippen LogP contribution in [-0.4, -0.2) is 48.3 Å². The third-order valence-electron chi connectivity index (χ3n) is 5.38. The number of hydrogen-bond donors (Lipinski definition) is 1. The quantitative estimate of drug-likeness (QED) is 0.882.